The normalized spacial score (nSPS) is 11.7. The maximum Gasteiger partial charge on any atom is 0.321 e. The molecule has 1 aromatic heterocycles. The van der Waals surface area contributed by atoms with Gasteiger partial charge >= 0.3 is 6.03 Å². The van der Waals surface area contributed by atoms with E-state index < -0.39 is 17.2 Å². The summed E-state index contributed by atoms with van der Waals surface area (Å²) in [4.78, 5) is 23.3. The molecule has 0 saturated heterocycles. The fourth-order valence-corrected chi connectivity index (χ4v) is 3.09. The van der Waals surface area contributed by atoms with Crippen LogP contribution in [0.4, 0.5) is 4.79 Å². The minimum absolute atomic E-state index is 0.395. The van der Waals surface area contributed by atoms with Gasteiger partial charge in [0.1, 0.15) is 5.75 Å². The number of urea groups is 1. The Morgan fingerprint density at radius 2 is 2.04 bits per heavy atom. The van der Waals surface area contributed by atoms with Gasteiger partial charge in [0.25, 0.3) is 0 Å². The van der Waals surface area contributed by atoms with Gasteiger partial charge in [0.15, 0.2) is 11.0 Å². The van der Waals surface area contributed by atoms with Crippen molar-refractivity contribution in [3.8, 4) is 17.1 Å². The molecule has 1 aromatic carbocycles. The van der Waals surface area contributed by atoms with E-state index in [1.165, 1.54) is 18.8 Å². The summed E-state index contributed by atoms with van der Waals surface area (Å²) >= 11 is 1.24. The van der Waals surface area contributed by atoms with E-state index in [0.717, 1.165) is 5.56 Å². The molecule has 0 aliphatic carbocycles. The van der Waals surface area contributed by atoms with Crippen LogP contribution < -0.4 is 15.4 Å². The van der Waals surface area contributed by atoms with Gasteiger partial charge in [0, 0.05) is 13.6 Å². The Bertz CT molecular complexity index is 762. The molecule has 2 aromatic rings. The number of benzene rings is 1. The first-order valence-electron chi connectivity index (χ1n) is 7.77. The van der Waals surface area contributed by atoms with Crippen LogP contribution in [0.15, 0.2) is 29.4 Å². The number of carbonyl (C=O) groups excluding carboxylic acids is 2. The largest absolute Gasteiger partial charge is 0.496 e. The number of hydrogen-bond acceptors (Lipinski definition) is 6. The molecule has 8 nitrogen and oxygen atoms in total. The molecule has 2 N–H and O–H groups in total. The van der Waals surface area contributed by atoms with E-state index in [0.29, 0.717) is 23.3 Å². The first-order chi connectivity index (χ1) is 12.0. The Balaban J connectivity index is 2.25. The number of methoxy groups -OCH3 is 1. The van der Waals surface area contributed by atoms with E-state index in [2.05, 4.69) is 20.8 Å². The number of rotatable bonds is 6. The Kier molecular flexibility index (Phi) is 6.40. The number of imide groups is 1. The summed E-state index contributed by atoms with van der Waals surface area (Å²) in [7, 11) is 3.06. The van der Waals surface area contributed by atoms with Crippen molar-refractivity contribution < 1.29 is 14.3 Å². The summed E-state index contributed by atoms with van der Waals surface area (Å²) in [5, 5.41) is 13.2. The summed E-state index contributed by atoms with van der Waals surface area (Å²) in [6.07, 6.45) is 0. The van der Waals surface area contributed by atoms with E-state index >= 15 is 0 Å². The smallest absolute Gasteiger partial charge is 0.321 e. The Morgan fingerprint density at radius 1 is 1.32 bits per heavy atom. The van der Waals surface area contributed by atoms with E-state index in [-0.39, 0.29) is 0 Å². The van der Waals surface area contributed by atoms with Crippen LogP contribution in [0.2, 0.25) is 0 Å². The highest BCUT2D eigenvalue weighted by Crippen LogP contribution is 2.31. The first-order valence-corrected chi connectivity index (χ1v) is 8.65. The Morgan fingerprint density at radius 3 is 2.68 bits per heavy atom. The number of nitrogens with zero attached hydrogens (tertiary/aromatic N) is 3. The fraction of sp³-hybridized carbons (Fsp3) is 0.375. The Labute approximate surface area is 150 Å². The molecule has 25 heavy (non-hydrogen) atoms. The molecule has 0 saturated carbocycles. The van der Waals surface area contributed by atoms with Gasteiger partial charge < -0.3 is 14.6 Å². The number of thioether (sulfide) groups is 1. The van der Waals surface area contributed by atoms with Crippen molar-refractivity contribution in [3.63, 3.8) is 0 Å². The summed E-state index contributed by atoms with van der Waals surface area (Å²) in [6.45, 7) is 4.31. The van der Waals surface area contributed by atoms with Crippen molar-refractivity contribution in [2.45, 2.75) is 30.8 Å². The van der Waals surface area contributed by atoms with Gasteiger partial charge in [0.05, 0.1) is 17.9 Å². The van der Waals surface area contributed by atoms with Gasteiger partial charge in [-0.1, -0.05) is 23.9 Å². The summed E-state index contributed by atoms with van der Waals surface area (Å²) in [5.41, 5.74) is 0.827. The van der Waals surface area contributed by atoms with Crippen LogP contribution in [0.25, 0.3) is 11.4 Å². The van der Waals surface area contributed by atoms with Crippen molar-refractivity contribution in [1.29, 1.82) is 0 Å². The molecule has 1 atom stereocenters. The average molecular weight is 363 g/mol. The highest BCUT2D eigenvalue weighted by molar-refractivity contribution is 8.00. The Hall–Kier alpha value is -2.55. The zero-order chi connectivity index (χ0) is 18.4. The molecule has 0 aliphatic rings. The van der Waals surface area contributed by atoms with Crippen molar-refractivity contribution in [2.75, 3.05) is 14.2 Å². The van der Waals surface area contributed by atoms with Gasteiger partial charge in [-0.05, 0) is 26.0 Å². The van der Waals surface area contributed by atoms with Crippen molar-refractivity contribution in [3.05, 3.63) is 24.3 Å². The van der Waals surface area contributed by atoms with E-state index in [4.69, 9.17) is 4.74 Å². The lowest BCUT2D eigenvalue weighted by Crippen LogP contribution is -2.41. The molecule has 2 rings (SSSR count). The zero-order valence-electron chi connectivity index (χ0n) is 14.6. The van der Waals surface area contributed by atoms with Crippen LogP contribution in [0.3, 0.4) is 0 Å². The third-order valence-corrected chi connectivity index (χ3v) is 4.58. The molecule has 0 fully saturated rings. The van der Waals surface area contributed by atoms with Gasteiger partial charge in [-0.25, -0.2) is 4.79 Å². The van der Waals surface area contributed by atoms with Crippen LogP contribution in [0.5, 0.6) is 5.75 Å². The lowest BCUT2D eigenvalue weighted by molar-refractivity contribution is -0.119. The number of carbonyl (C=O) groups is 2. The molecular formula is C16H21N5O3S. The lowest BCUT2D eigenvalue weighted by atomic mass is 10.2. The van der Waals surface area contributed by atoms with Gasteiger partial charge in [-0.15, -0.1) is 10.2 Å². The number of aromatic nitrogens is 3. The highest BCUT2D eigenvalue weighted by atomic mass is 32.2. The third kappa shape index (κ3) is 4.30. The summed E-state index contributed by atoms with van der Waals surface area (Å²) < 4.78 is 7.30. The quantitative estimate of drug-likeness (QED) is 0.761. The van der Waals surface area contributed by atoms with Crippen LogP contribution in [0.1, 0.15) is 13.8 Å². The molecule has 9 heteroatoms. The minimum Gasteiger partial charge on any atom is -0.496 e. The fourth-order valence-electron chi connectivity index (χ4n) is 2.18. The van der Waals surface area contributed by atoms with Crippen molar-refractivity contribution in [2.24, 2.45) is 0 Å². The number of para-hydroxylation sites is 1. The van der Waals surface area contributed by atoms with Gasteiger partial charge in [0.2, 0.25) is 5.91 Å². The standard InChI is InChI=1S/C16H21N5O3S/c1-5-21-13(11-8-6-7-9-12(11)24-4)19-20-16(21)25-10(2)14(22)18-15(23)17-3/h6-10H,5H2,1-4H3,(H2,17,18,22,23)/t10-/m1/s1. The second-order valence-electron chi connectivity index (χ2n) is 5.08. The maximum atomic E-state index is 12.0. The van der Waals surface area contributed by atoms with E-state index in [1.807, 2.05) is 35.8 Å². The topological polar surface area (TPSA) is 98.1 Å². The van der Waals surface area contributed by atoms with Crippen molar-refractivity contribution >= 4 is 23.7 Å². The maximum absolute atomic E-state index is 12.0. The van der Waals surface area contributed by atoms with Gasteiger partial charge in [-0.3, -0.25) is 10.1 Å². The van der Waals surface area contributed by atoms with Crippen molar-refractivity contribution in [1.82, 2.24) is 25.4 Å². The molecule has 0 aliphatic heterocycles. The molecule has 0 spiro atoms. The molecule has 1 heterocycles. The van der Waals surface area contributed by atoms with E-state index in [1.54, 1.807) is 14.0 Å². The van der Waals surface area contributed by atoms with Crippen LogP contribution >= 0.6 is 11.8 Å². The lowest BCUT2D eigenvalue weighted by Gasteiger charge is -2.13. The predicted molar refractivity (Wildman–Crippen MR) is 95.6 cm³/mol. The highest BCUT2D eigenvalue weighted by Gasteiger charge is 2.22. The molecule has 0 radical (unpaired) electrons. The van der Waals surface area contributed by atoms with Crippen LogP contribution in [0, 0.1) is 0 Å². The van der Waals surface area contributed by atoms with Gasteiger partial charge in [-0.2, -0.15) is 0 Å². The average Bonchev–Trinajstić information content (AvgIpc) is 3.03. The first kappa shape index (κ1) is 18.8. The number of hydrogen-bond donors (Lipinski definition) is 2. The molecular weight excluding hydrogens is 342 g/mol. The van der Waals surface area contributed by atoms with E-state index in [9.17, 15) is 9.59 Å². The second-order valence-corrected chi connectivity index (χ2v) is 6.39. The third-order valence-electron chi connectivity index (χ3n) is 3.50. The molecule has 3 amide bonds. The second kappa shape index (κ2) is 8.52. The SMILES string of the molecule is CCn1c(S[C@H](C)C(=O)NC(=O)NC)nnc1-c1ccccc1OC. The number of ether oxygens (including phenoxy) is 1. The number of nitrogens with one attached hydrogen (secondary N) is 2. The predicted octanol–water partition coefficient (Wildman–Crippen LogP) is 1.91. The minimum atomic E-state index is -0.538. The summed E-state index contributed by atoms with van der Waals surface area (Å²) in [5.74, 6) is 0.974. The molecule has 134 valence electrons. The van der Waals surface area contributed by atoms with Crippen LogP contribution in [-0.2, 0) is 11.3 Å². The monoisotopic (exact) mass is 363 g/mol. The number of amides is 3. The zero-order valence-corrected chi connectivity index (χ0v) is 15.4. The summed E-state index contributed by atoms with van der Waals surface area (Å²) in [6, 6.07) is 7.01. The molecule has 0 unspecified atom stereocenters. The van der Waals surface area contributed by atoms with Crippen LogP contribution in [-0.4, -0.2) is 46.1 Å². The molecule has 0 bridgehead atoms.